The molecule has 0 bridgehead atoms. The molecule has 0 saturated carbocycles. The number of carbonyl (C=O) groups excluding carboxylic acids is 1. The number of hydrogen-bond donors (Lipinski definition) is 2. The summed E-state index contributed by atoms with van der Waals surface area (Å²) in [6.07, 6.45) is 7.11. The van der Waals surface area contributed by atoms with Gasteiger partial charge >= 0.3 is 0 Å². The predicted molar refractivity (Wildman–Crippen MR) is 127 cm³/mol. The molecule has 10 heteroatoms. The number of aromatic amines is 2. The number of rotatable bonds is 4. The Kier molecular flexibility index (Phi) is 4.24. The van der Waals surface area contributed by atoms with Gasteiger partial charge in [0.2, 0.25) is 0 Å². The van der Waals surface area contributed by atoms with Crippen LogP contribution in [0.25, 0.3) is 55.3 Å². The highest BCUT2D eigenvalue weighted by Crippen LogP contribution is 2.35. The highest BCUT2D eigenvalue weighted by atomic mass is 32.1. The van der Waals surface area contributed by atoms with E-state index in [0.29, 0.717) is 16.4 Å². The Morgan fingerprint density at radius 1 is 1.09 bits per heavy atom. The summed E-state index contributed by atoms with van der Waals surface area (Å²) in [7, 11) is 1.97. The van der Waals surface area contributed by atoms with Crippen molar-refractivity contribution in [1.29, 1.82) is 0 Å². The molecule has 6 aromatic heterocycles. The molecule has 0 spiro atoms. The van der Waals surface area contributed by atoms with Gasteiger partial charge in [-0.15, -0.1) is 11.3 Å². The highest BCUT2D eigenvalue weighted by Gasteiger charge is 2.18. The van der Waals surface area contributed by atoms with Gasteiger partial charge in [-0.25, -0.2) is 9.97 Å². The van der Waals surface area contributed by atoms with Crippen LogP contribution in [0, 0.1) is 6.92 Å². The topological polar surface area (TPSA) is 118 Å². The van der Waals surface area contributed by atoms with Crippen molar-refractivity contribution < 1.29 is 4.79 Å². The summed E-state index contributed by atoms with van der Waals surface area (Å²) in [6, 6.07) is 5.77. The van der Waals surface area contributed by atoms with Gasteiger partial charge in [0, 0.05) is 29.1 Å². The van der Waals surface area contributed by atoms with Gasteiger partial charge in [-0.3, -0.25) is 19.9 Å². The standard InChI is InChI=1S/C23H18N8OS/c1-11(32)19-4-5-20(33-19)14-7-24-8-17-21(14)28-23(27-17)22-13-6-15(26-9-16(13)29-30-22)18-10-25-12(2)31(18)3/h4-10H,1-3H3,(H,27,28)(H,29,30). The maximum absolute atomic E-state index is 11.7. The molecule has 162 valence electrons. The summed E-state index contributed by atoms with van der Waals surface area (Å²) in [5.74, 6) is 1.59. The van der Waals surface area contributed by atoms with E-state index < -0.39 is 0 Å². The van der Waals surface area contributed by atoms with Crippen molar-refractivity contribution in [3.63, 3.8) is 0 Å². The highest BCUT2D eigenvalue weighted by molar-refractivity contribution is 7.17. The number of Topliss-reactive ketones (excluding diaryl/α,β-unsaturated/α-hetero) is 1. The van der Waals surface area contributed by atoms with Gasteiger partial charge in [-0.1, -0.05) is 0 Å². The number of imidazole rings is 2. The number of thiophene rings is 1. The molecule has 0 radical (unpaired) electrons. The van der Waals surface area contributed by atoms with E-state index in [1.165, 1.54) is 11.3 Å². The van der Waals surface area contributed by atoms with Crippen molar-refractivity contribution >= 4 is 39.1 Å². The lowest BCUT2D eigenvalue weighted by molar-refractivity contribution is 0.102. The molecule has 0 aromatic carbocycles. The van der Waals surface area contributed by atoms with Crippen LogP contribution in [-0.2, 0) is 7.05 Å². The van der Waals surface area contributed by atoms with E-state index in [1.54, 1.807) is 25.5 Å². The van der Waals surface area contributed by atoms with Crippen LogP contribution in [-0.4, -0.2) is 45.5 Å². The lowest BCUT2D eigenvalue weighted by atomic mass is 10.2. The van der Waals surface area contributed by atoms with Gasteiger partial charge in [0.25, 0.3) is 0 Å². The van der Waals surface area contributed by atoms with Crippen molar-refractivity contribution in [3.8, 4) is 33.3 Å². The molecular weight excluding hydrogens is 436 g/mol. The van der Waals surface area contributed by atoms with E-state index in [0.717, 1.165) is 49.6 Å². The molecule has 0 atom stereocenters. The molecule has 0 amide bonds. The summed E-state index contributed by atoms with van der Waals surface area (Å²) in [4.78, 5) is 34.9. The van der Waals surface area contributed by atoms with Crippen LogP contribution < -0.4 is 0 Å². The molecule has 33 heavy (non-hydrogen) atoms. The first kappa shape index (κ1) is 19.5. The molecule has 6 aromatic rings. The minimum Gasteiger partial charge on any atom is -0.335 e. The van der Waals surface area contributed by atoms with Crippen molar-refractivity contribution in [3.05, 3.63) is 53.7 Å². The maximum atomic E-state index is 11.7. The largest absolute Gasteiger partial charge is 0.335 e. The quantitative estimate of drug-likeness (QED) is 0.378. The van der Waals surface area contributed by atoms with E-state index in [1.807, 2.05) is 42.9 Å². The molecule has 0 saturated heterocycles. The first-order valence-electron chi connectivity index (χ1n) is 10.3. The monoisotopic (exact) mass is 454 g/mol. The molecule has 0 fully saturated rings. The Bertz CT molecular complexity index is 1690. The summed E-state index contributed by atoms with van der Waals surface area (Å²) in [6.45, 7) is 3.53. The summed E-state index contributed by atoms with van der Waals surface area (Å²) in [5.41, 5.74) is 5.71. The molecule has 6 heterocycles. The molecule has 6 rings (SSSR count). The van der Waals surface area contributed by atoms with E-state index >= 15 is 0 Å². The first-order valence-corrected chi connectivity index (χ1v) is 11.1. The zero-order valence-corrected chi connectivity index (χ0v) is 18.9. The van der Waals surface area contributed by atoms with Crippen molar-refractivity contribution in [2.75, 3.05) is 0 Å². The van der Waals surface area contributed by atoms with Crippen LogP contribution >= 0.6 is 11.3 Å². The van der Waals surface area contributed by atoms with Crippen LogP contribution in [0.3, 0.4) is 0 Å². The van der Waals surface area contributed by atoms with E-state index in [4.69, 9.17) is 4.98 Å². The fraction of sp³-hybridized carbons (Fsp3) is 0.130. The molecular formula is C23H18N8OS. The van der Waals surface area contributed by atoms with Crippen LogP contribution in [0.1, 0.15) is 22.4 Å². The SMILES string of the molecule is CC(=O)c1ccc(-c2cncc3[nH]c(-c4n[nH]c5cnc(-c6cnc(C)n6C)cc45)nc23)s1. The second kappa shape index (κ2) is 7.17. The van der Waals surface area contributed by atoms with Crippen molar-refractivity contribution in [2.24, 2.45) is 7.05 Å². The Hall–Kier alpha value is -4.18. The number of pyridine rings is 2. The molecule has 0 aliphatic rings. The average molecular weight is 455 g/mol. The predicted octanol–water partition coefficient (Wildman–Crippen LogP) is 4.54. The number of nitrogens with one attached hydrogen (secondary N) is 2. The minimum absolute atomic E-state index is 0.0464. The van der Waals surface area contributed by atoms with Gasteiger partial charge in [-0.2, -0.15) is 5.10 Å². The number of aromatic nitrogens is 8. The molecule has 0 unspecified atom stereocenters. The third kappa shape index (κ3) is 3.06. The average Bonchev–Trinajstić information content (AvgIpc) is 3.59. The van der Waals surface area contributed by atoms with E-state index in [2.05, 4.69) is 30.1 Å². The first-order chi connectivity index (χ1) is 16.0. The number of ketones is 1. The van der Waals surface area contributed by atoms with Crippen molar-refractivity contribution in [1.82, 2.24) is 39.7 Å². The fourth-order valence-corrected chi connectivity index (χ4v) is 4.79. The Balaban J connectivity index is 1.49. The molecule has 0 aliphatic carbocycles. The summed E-state index contributed by atoms with van der Waals surface area (Å²) in [5, 5.41) is 8.46. The zero-order valence-electron chi connectivity index (χ0n) is 18.0. The third-order valence-electron chi connectivity index (χ3n) is 5.77. The van der Waals surface area contributed by atoms with E-state index in [9.17, 15) is 4.79 Å². The number of carbonyl (C=O) groups is 1. The van der Waals surface area contributed by atoms with Gasteiger partial charge in [-0.05, 0) is 32.0 Å². The summed E-state index contributed by atoms with van der Waals surface area (Å²) < 4.78 is 2.00. The van der Waals surface area contributed by atoms with Crippen molar-refractivity contribution in [2.45, 2.75) is 13.8 Å². The second-order valence-electron chi connectivity index (χ2n) is 7.83. The zero-order chi connectivity index (χ0) is 22.7. The van der Waals surface area contributed by atoms with Gasteiger partial charge in [0.1, 0.15) is 17.0 Å². The van der Waals surface area contributed by atoms with E-state index in [-0.39, 0.29) is 5.78 Å². The Labute approximate surface area is 191 Å². The molecule has 2 N–H and O–H groups in total. The normalized spacial score (nSPS) is 11.6. The second-order valence-corrected chi connectivity index (χ2v) is 8.91. The van der Waals surface area contributed by atoms with Gasteiger partial charge < -0.3 is 9.55 Å². The van der Waals surface area contributed by atoms with Crippen LogP contribution in [0.5, 0.6) is 0 Å². The van der Waals surface area contributed by atoms with Crippen LogP contribution in [0.2, 0.25) is 0 Å². The van der Waals surface area contributed by atoms with Crippen LogP contribution in [0.15, 0.2) is 43.0 Å². The maximum Gasteiger partial charge on any atom is 0.169 e. The van der Waals surface area contributed by atoms with Gasteiger partial charge in [0.15, 0.2) is 11.6 Å². The summed E-state index contributed by atoms with van der Waals surface area (Å²) >= 11 is 1.44. The molecule has 9 nitrogen and oxygen atoms in total. The number of nitrogens with zero attached hydrogens (tertiary/aromatic N) is 6. The van der Waals surface area contributed by atoms with Gasteiger partial charge in [0.05, 0.1) is 45.9 Å². The fourth-order valence-electron chi connectivity index (χ4n) is 3.87. The van der Waals surface area contributed by atoms with Crippen LogP contribution in [0.4, 0.5) is 0 Å². The minimum atomic E-state index is 0.0464. The number of hydrogen-bond acceptors (Lipinski definition) is 7. The lowest BCUT2D eigenvalue weighted by Gasteiger charge is -2.03. The third-order valence-corrected chi connectivity index (χ3v) is 6.99. The Morgan fingerprint density at radius 3 is 2.73 bits per heavy atom. The smallest absolute Gasteiger partial charge is 0.169 e. The number of aryl methyl sites for hydroxylation is 1. The lowest BCUT2D eigenvalue weighted by Crippen LogP contribution is -1.95. The Morgan fingerprint density at radius 2 is 1.97 bits per heavy atom. The number of H-pyrrole nitrogens is 2. The number of fused-ring (bicyclic) bond motifs is 2. The molecule has 0 aliphatic heterocycles.